The Labute approximate surface area is 189 Å². The molecule has 0 aliphatic carbocycles. The van der Waals surface area contributed by atoms with Gasteiger partial charge < -0.3 is 20.3 Å². The van der Waals surface area contributed by atoms with Gasteiger partial charge in [-0.25, -0.2) is 9.97 Å². The number of methoxy groups -OCH3 is 1. The highest BCUT2D eigenvalue weighted by atomic mass is 32.1. The van der Waals surface area contributed by atoms with Gasteiger partial charge in [-0.15, -0.1) is 0 Å². The van der Waals surface area contributed by atoms with Crippen LogP contribution in [0.2, 0.25) is 0 Å². The first kappa shape index (κ1) is 20.7. The van der Waals surface area contributed by atoms with E-state index in [-0.39, 0.29) is 5.91 Å². The van der Waals surface area contributed by atoms with Crippen molar-refractivity contribution in [2.75, 3.05) is 37.0 Å². The minimum absolute atomic E-state index is 0.252. The Balaban J connectivity index is 1.51. The largest absolute Gasteiger partial charge is 0.473 e. The van der Waals surface area contributed by atoms with Crippen LogP contribution in [0.25, 0.3) is 21.3 Å². The lowest BCUT2D eigenvalue weighted by Gasteiger charge is -2.34. The van der Waals surface area contributed by atoms with Crippen LogP contribution in [-0.2, 0) is 7.05 Å². The Kier molecular flexibility index (Phi) is 5.18. The second-order valence-corrected chi connectivity index (χ2v) is 9.07. The molecule has 1 fully saturated rings. The molecule has 0 bridgehead atoms. The number of anilines is 2. The molecule has 1 aliphatic heterocycles. The van der Waals surface area contributed by atoms with E-state index in [0.29, 0.717) is 28.1 Å². The Morgan fingerprint density at radius 2 is 2.16 bits per heavy atom. The molecule has 0 radical (unpaired) electrons. The third kappa shape index (κ3) is 3.65. The van der Waals surface area contributed by atoms with Gasteiger partial charge in [0.15, 0.2) is 0 Å². The zero-order valence-electron chi connectivity index (χ0n) is 18.5. The topological polar surface area (TPSA) is 97.2 Å². The van der Waals surface area contributed by atoms with Crippen LogP contribution >= 0.6 is 11.3 Å². The number of aryl methyl sites for hydroxylation is 2. The van der Waals surface area contributed by atoms with E-state index in [1.54, 1.807) is 11.8 Å². The lowest BCUT2D eigenvalue weighted by Crippen LogP contribution is -2.49. The number of nitrogens with zero attached hydrogens (tertiary/aromatic N) is 5. The standard InChI is InChI=1S/C22H25N7O2S/c1-12-9-17(24-15-11-28(3)27-18(12)15)25-21(30)14-5-6-16(29-8-7-23-13(2)10-29)20-19(14)26-22(31-4)32-20/h5-6,9,11,13,23H,7-8,10H2,1-4H3,(H,24,25,30). The third-order valence-corrected chi connectivity index (χ3v) is 6.69. The van der Waals surface area contributed by atoms with Crippen molar-refractivity contribution in [2.45, 2.75) is 19.9 Å². The number of aromatic nitrogens is 4. The van der Waals surface area contributed by atoms with E-state index in [4.69, 9.17) is 4.74 Å². The van der Waals surface area contributed by atoms with Crippen molar-refractivity contribution in [1.29, 1.82) is 0 Å². The number of hydrogen-bond donors (Lipinski definition) is 2. The molecule has 2 N–H and O–H groups in total. The van der Waals surface area contributed by atoms with Gasteiger partial charge in [-0.1, -0.05) is 11.3 Å². The molecular weight excluding hydrogens is 426 g/mol. The van der Waals surface area contributed by atoms with Crippen LogP contribution in [0.4, 0.5) is 11.5 Å². The highest BCUT2D eigenvalue weighted by Crippen LogP contribution is 2.38. The molecule has 1 unspecified atom stereocenters. The number of hydrogen-bond acceptors (Lipinski definition) is 8. The summed E-state index contributed by atoms with van der Waals surface area (Å²) in [6.45, 7) is 6.85. The van der Waals surface area contributed by atoms with Gasteiger partial charge in [-0.2, -0.15) is 5.10 Å². The van der Waals surface area contributed by atoms with Crippen molar-refractivity contribution in [3.05, 3.63) is 35.5 Å². The average molecular weight is 452 g/mol. The van der Waals surface area contributed by atoms with Gasteiger partial charge >= 0.3 is 0 Å². The van der Waals surface area contributed by atoms with Crippen molar-refractivity contribution >= 4 is 50.0 Å². The summed E-state index contributed by atoms with van der Waals surface area (Å²) < 4.78 is 8.08. The van der Waals surface area contributed by atoms with Crippen LogP contribution in [-0.4, -0.2) is 58.4 Å². The summed E-state index contributed by atoms with van der Waals surface area (Å²) in [5, 5.41) is 11.4. The van der Waals surface area contributed by atoms with E-state index in [0.717, 1.165) is 46.6 Å². The molecule has 32 heavy (non-hydrogen) atoms. The molecule has 3 aromatic heterocycles. The van der Waals surface area contributed by atoms with Crippen LogP contribution in [0.5, 0.6) is 5.19 Å². The second kappa shape index (κ2) is 8.03. The van der Waals surface area contributed by atoms with Crippen LogP contribution in [0.3, 0.4) is 0 Å². The predicted molar refractivity (Wildman–Crippen MR) is 127 cm³/mol. The number of benzene rings is 1. The first-order valence-corrected chi connectivity index (χ1v) is 11.3. The third-order valence-electron chi connectivity index (χ3n) is 5.65. The van der Waals surface area contributed by atoms with Crippen molar-refractivity contribution in [3.63, 3.8) is 0 Å². The number of ether oxygens (including phenoxy) is 1. The molecule has 9 nitrogen and oxygen atoms in total. The molecule has 1 aromatic carbocycles. The maximum atomic E-state index is 13.2. The minimum atomic E-state index is -0.252. The maximum Gasteiger partial charge on any atom is 0.274 e. The molecule has 1 amide bonds. The number of carbonyl (C=O) groups excluding carboxylic acids is 1. The number of pyridine rings is 1. The summed E-state index contributed by atoms with van der Waals surface area (Å²) in [7, 11) is 3.45. The van der Waals surface area contributed by atoms with E-state index in [2.05, 4.69) is 37.5 Å². The summed E-state index contributed by atoms with van der Waals surface area (Å²) in [6.07, 6.45) is 1.84. The average Bonchev–Trinajstić information content (AvgIpc) is 3.36. The summed E-state index contributed by atoms with van der Waals surface area (Å²) in [6, 6.07) is 6.08. The Bertz CT molecular complexity index is 1330. The molecule has 5 rings (SSSR count). The number of amides is 1. The van der Waals surface area contributed by atoms with Gasteiger partial charge in [0.1, 0.15) is 22.4 Å². The lowest BCUT2D eigenvalue weighted by molar-refractivity contribution is 0.102. The minimum Gasteiger partial charge on any atom is -0.473 e. The number of piperazine rings is 1. The predicted octanol–water partition coefficient (Wildman–Crippen LogP) is 2.95. The monoisotopic (exact) mass is 451 g/mol. The molecule has 1 atom stereocenters. The maximum absolute atomic E-state index is 13.2. The Morgan fingerprint density at radius 1 is 1.31 bits per heavy atom. The number of carbonyl (C=O) groups is 1. The van der Waals surface area contributed by atoms with Gasteiger partial charge in [0, 0.05) is 32.7 Å². The van der Waals surface area contributed by atoms with Gasteiger partial charge in [-0.05, 0) is 37.6 Å². The van der Waals surface area contributed by atoms with Crippen molar-refractivity contribution in [3.8, 4) is 5.19 Å². The Morgan fingerprint density at radius 3 is 2.94 bits per heavy atom. The summed E-state index contributed by atoms with van der Waals surface area (Å²) in [4.78, 5) is 24.7. The first-order valence-electron chi connectivity index (χ1n) is 10.5. The molecule has 1 aliphatic rings. The van der Waals surface area contributed by atoms with Crippen LogP contribution < -0.4 is 20.3 Å². The zero-order chi connectivity index (χ0) is 22.4. The number of fused-ring (bicyclic) bond motifs is 2. The fourth-order valence-electron chi connectivity index (χ4n) is 4.17. The molecule has 4 aromatic rings. The number of thiazole rings is 1. The lowest BCUT2D eigenvalue weighted by atomic mass is 10.1. The highest BCUT2D eigenvalue weighted by molar-refractivity contribution is 7.21. The SMILES string of the molecule is COc1nc2c(C(=O)Nc3cc(C)c4nn(C)cc4n3)ccc(N3CCNC(C)C3)c2s1. The summed E-state index contributed by atoms with van der Waals surface area (Å²) in [5.74, 6) is 0.238. The summed E-state index contributed by atoms with van der Waals surface area (Å²) in [5.41, 5.74) is 4.74. The smallest absolute Gasteiger partial charge is 0.274 e. The Hall–Kier alpha value is -3.24. The molecule has 4 heterocycles. The summed E-state index contributed by atoms with van der Waals surface area (Å²) >= 11 is 1.46. The molecule has 10 heteroatoms. The van der Waals surface area contributed by atoms with Gasteiger partial charge in [0.25, 0.3) is 11.1 Å². The van der Waals surface area contributed by atoms with E-state index < -0.39 is 0 Å². The quantitative estimate of drug-likeness (QED) is 0.492. The van der Waals surface area contributed by atoms with Gasteiger partial charge in [0.2, 0.25) is 0 Å². The van der Waals surface area contributed by atoms with Crippen molar-refractivity contribution in [2.24, 2.45) is 7.05 Å². The molecule has 0 spiro atoms. The second-order valence-electron chi connectivity index (χ2n) is 8.11. The van der Waals surface area contributed by atoms with Crippen LogP contribution in [0.1, 0.15) is 22.8 Å². The highest BCUT2D eigenvalue weighted by Gasteiger charge is 2.23. The number of rotatable bonds is 4. The van der Waals surface area contributed by atoms with Gasteiger partial charge in [0.05, 0.1) is 29.3 Å². The van der Waals surface area contributed by atoms with Crippen molar-refractivity contribution < 1.29 is 9.53 Å². The van der Waals surface area contributed by atoms with Crippen LogP contribution in [0.15, 0.2) is 24.4 Å². The van der Waals surface area contributed by atoms with E-state index in [9.17, 15) is 4.79 Å². The van der Waals surface area contributed by atoms with E-state index in [1.807, 2.05) is 38.4 Å². The molecule has 166 valence electrons. The fraction of sp³-hybridized carbons (Fsp3) is 0.364. The van der Waals surface area contributed by atoms with E-state index >= 15 is 0 Å². The zero-order valence-corrected chi connectivity index (χ0v) is 19.3. The molecular formula is C22H25N7O2S. The van der Waals surface area contributed by atoms with E-state index in [1.165, 1.54) is 11.3 Å². The van der Waals surface area contributed by atoms with Crippen LogP contribution in [0, 0.1) is 6.92 Å². The first-order chi connectivity index (χ1) is 15.4. The van der Waals surface area contributed by atoms with Crippen molar-refractivity contribution in [1.82, 2.24) is 25.1 Å². The molecule has 1 saturated heterocycles. The normalized spacial score (nSPS) is 16.6. The number of nitrogens with one attached hydrogen (secondary N) is 2. The molecule has 0 saturated carbocycles. The van der Waals surface area contributed by atoms with Gasteiger partial charge in [-0.3, -0.25) is 9.48 Å². The fourth-order valence-corrected chi connectivity index (χ4v) is 5.11.